The number of nitrogens with one attached hydrogen (secondary N) is 3. The standard InChI is InChI=1S/C22H28F3N5O2/c23-22(24,25)21-28-17-7-6-16(12-18(17)29-21)26-19(31)13-30-10-8-15(9-11-30)27-20(32)14-4-2-1-3-5-14/h6-7,12,14-15H,1-5,8-11,13H2,(H,26,31)(H,27,32)(H,28,29). The van der Waals surface area contributed by atoms with Gasteiger partial charge in [0.25, 0.3) is 0 Å². The Hall–Kier alpha value is -2.62. The van der Waals surface area contributed by atoms with Gasteiger partial charge in [-0.1, -0.05) is 19.3 Å². The zero-order chi connectivity index (χ0) is 22.7. The second kappa shape index (κ2) is 9.48. The molecule has 1 aromatic heterocycles. The third kappa shape index (κ3) is 5.59. The van der Waals surface area contributed by atoms with Crippen molar-refractivity contribution in [3.05, 3.63) is 24.0 Å². The molecule has 4 rings (SSSR count). The van der Waals surface area contributed by atoms with Crippen molar-refractivity contribution >= 4 is 28.5 Å². The van der Waals surface area contributed by atoms with E-state index in [4.69, 9.17) is 0 Å². The number of likely N-dealkylation sites (tertiary alicyclic amines) is 1. The lowest BCUT2D eigenvalue weighted by Crippen LogP contribution is -2.48. The van der Waals surface area contributed by atoms with E-state index < -0.39 is 12.0 Å². The molecule has 2 aliphatic rings. The maximum atomic E-state index is 12.8. The number of halogens is 3. The molecule has 1 aromatic carbocycles. The van der Waals surface area contributed by atoms with Crippen molar-refractivity contribution in [2.24, 2.45) is 5.92 Å². The van der Waals surface area contributed by atoms with E-state index in [-0.39, 0.29) is 41.4 Å². The lowest BCUT2D eigenvalue weighted by atomic mass is 9.88. The van der Waals surface area contributed by atoms with Gasteiger partial charge in [-0.15, -0.1) is 0 Å². The van der Waals surface area contributed by atoms with Crippen LogP contribution in [0.1, 0.15) is 50.8 Å². The first-order valence-electron chi connectivity index (χ1n) is 11.2. The molecule has 1 aliphatic carbocycles. The maximum absolute atomic E-state index is 12.8. The second-order valence-corrected chi connectivity index (χ2v) is 8.76. The molecule has 0 spiro atoms. The minimum atomic E-state index is -4.55. The highest BCUT2D eigenvalue weighted by Gasteiger charge is 2.34. The molecule has 10 heteroatoms. The Morgan fingerprint density at radius 2 is 1.81 bits per heavy atom. The van der Waals surface area contributed by atoms with Crippen molar-refractivity contribution in [3.8, 4) is 0 Å². The lowest BCUT2D eigenvalue weighted by molar-refractivity contribution is -0.144. The molecule has 0 unspecified atom stereocenters. The smallest absolute Gasteiger partial charge is 0.353 e. The molecule has 2 heterocycles. The SMILES string of the molecule is O=C(CN1CCC(NC(=O)C2CCCCC2)CC1)Nc1ccc2nc(C(F)(F)F)[nH]c2c1. The maximum Gasteiger partial charge on any atom is 0.449 e. The molecule has 2 fully saturated rings. The first-order valence-corrected chi connectivity index (χ1v) is 11.2. The van der Waals surface area contributed by atoms with Crippen molar-refractivity contribution in [2.45, 2.75) is 57.2 Å². The van der Waals surface area contributed by atoms with E-state index in [1.807, 2.05) is 4.90 Å². The zero-order valence-electron chi connectivity index (χ0n) is 17.8. The van der Waals surface area contributed by atoms with Gasteiger partial charge in [0.1, 0.15) is 0 Å². The summed E-state index contributed by atoms with van der Waals surface area (Å²) < 4.78 is 38.4. The Kier molecular flexibility index (Phi) is 6.68. The fourth-order valence-electron chi connectivity index (χ4n) is 4.54. The van der Waals surface area contributed by atoms with E-state index in [2.05, 4.69) is 20.6 Å². The molecule has 2 aromatic rings. The van der Waals surface area contributed by atoms with E-state index in [1.165, 1.54) is 24.6 Å². The molecule has 7 nitrogen and oxygen atoms in total. The summed E-state index contributed by atoms with van der Waals surface area (Å²) in [5, 5.41) is 5.91. The number of aromatic nitrogens is 2. The molecule has 1 saturated carbocycles. The van der Waals surface area contributed by atoms with Gasteiger partial charge in [0.05, 0.1) is 17.6 Å². The normalized spacial score (nSPS) is 19.2. The molecular formula is C22H28F3N5O2. The quantitative estimate of drug-likeness (QED) is 0.647. The highest BCUT2D eigenvalue weighted by atomic mass is 19.4. The number of hydrogen-bond donors (Lipinski definition) is 3. The van der Waals surface area contributed by atoms with Gasteiger partial charge in [-0.3, -0.25) is 14.5 Å². The van der Waals surface area contributed by atoms with Gasteiger partial charge in [-0.25, -0.2) is 4.98 Å². The number of H-pyrrole nitrogens is 1. The van der Waals surface area contributed by atoms with E-state index >= 15 is 0 Å². The topological polar surface area (TPSA) is 90.1 Å². The predicted octanol–water partition coefficient (Wildman–Crippen LogP) is 3.68. The molecule has 1 aliphatic heterocycles. The summed E-state index contributed by atoms with van der Waals surface area (Å²) in [7, 11) is 0. The monoisotopic (exact) mass is 451 g/mol. The summed E-state index contributed by atoms with van der Waals surface area (Å²) >= 11 is 0. The summed E-state index contributed by atoms with van der Waals surface area (Å²) in [6.45, 7) is 1.60. The van der Waals surface area contributed by atoms with Crippen LogP contribution < -0.4 is 10.6 Å². The second-order valence-electron chi connectivity index (χ2n) is 8.76. The van der Waals surface area contributed by atoms with Crippen LogP contribution in [0.3, 0.4) is 0 Å². The Bertz CT molecular complexity index is 960. The van der Waals surface area contributed by atoms with E-state index in [0.29, 0.717) is 18.8 Å². The fourth-order valence-corrected chi connectivity index (χ4v) is 4.54. The molecule has 174 valence electrons. The molecule has 0 atom stereocenters. The molecule has 3 N–H and O–H groups in total. The van der Waals surface area contributed by atoms with Gasteiger partial charge in [0.2, 0.25) is 17.6 Å². The van der Waals surface area contributed by atoms with Crippen LogP contribution in [0.2, 0.25) is 0 Å². The summed E-state index contributed by atoms with van der Waals surface area (Å²) in [5.41, 5.74) is 0.812. The van der Waals surface area contributed by atoms with Gasteiger partial charge in [0.15, 0.2) is 0 Å². The number of benzene rings is 1. The number of aromatic amines is 1. The lowest BCUT2D eigenvalue weighted by Gasteiger charge is -2.33. The van der Waals surface area contributed by atoms with Crippen molar-refractivity contribution in [1.82, 2.24) is 20.2 Å². The minimum absolute atomic E-state index is 0.145. The molecule has 2 amide bonds. The average molecular weight is 451 g/mol. The van der Waals surface area contributed by atoms with E-state index in [1.54, 1.807) is 0 Å². The largest absolute Gasteiger partial charge is 0.449 e. The number of amides is 2. The first-order chi connectivity index (χ1) is 15.3. The Morgan fingerprint density at radius 3 is 2.50 bits per heavy atom. The fraction of sp³-hybridized carbons (Fsp3) is 0.591. The van der Waals surface area contributed by atoms with Crippen LogP contribution in [0.4, 0.5) is 18.9 Å². The number of hydrogen-bond acceptors (Lipinski definition) is 4. The number of nitrogens with zero attached hydrogens (tertiary/aromatic N) is 2. The Balaban J connectivity index is 1.24. The molecular weight excluding hydrogens is 423 g/mol. The Labute approximate surface area is 184 Å². The van der Waals surface area contributed by atoms with Crippen LogP contribution in [-0.4, -0.2) is 52.4 Å². The van der Waals surface area contributed by atoms with Crippen molar-refractivity contribution in [1.29, 1.82) is 0 Å². The van der Waals surface area contributed by atoms with Crippen LogP contribution in [0, 0.1) is 5.92 Å². The first kappa shape index (κ1) is 22.6. The van der Waals surface area contributed by atoms with Crippen molar-refractivity contribution < 1.29 is 22.8 Å². The average Bonchev–Trinajstić information content (AvgIpc) is 3.20. The Morgan fingerprint density at radius 1 is 1.09 bits per heavy atom. The van der Waals surface area contributed by atoms with Gasteiger partial charge in [-0.05, 0) is 43.9 Å². The predicted molar refractivity (Wildman–Crippen MR) is 114 cm³/mol. The van der Waals surface area contributed by atoms with Crippen LogP contribution in [0.25, 0.3) is 11.0 Å². The summed E-state index contributed by atoms with van der Waals surface area (Å²) in [5.74, 6) is -0.977. The molecule has 0 bridgehead atoms. The number of imidazole rings is 1. The van der Waals surface area contributed by atoms with Crippen LogP contribution >= 0.6 is 0 Å². The number of piperidine rings is 1. The molecule has 1 saturated heterocycles. The van der Waals surface area contributed by atoms with Crippen LogP contribution in [0.5, 0.6) is 0 Å². The van der Waals surface area contributed by atoms with Crippen molar-refractivity contribution in [2.75, 3.05) is 25.0 Å². The van der Waals surface area contributed by atoms with Gasteiger partial charge >= 0.3 is 6.18 Å². The molecule has 0 radical (unpaired) electrons. The van der Waals surface area contributed by atoms with Crippen LogP contribution in [-0.2, 0) is 15.8 Å². The number of anilines is 1. The number of carbonyl (C=O) groups excluding carboxylic acids is 2. The van der Waals surface area contributed by atoms with Crippen LogP contribution in [0.15, 0.2) is 18.2 Å². The molecule has 32 heavy (non-hydrogen) atoms. The summed E-state index contributed by atoms with van der Waals surface area (Å²) in [4.78, 5) is 32.6. The highest BCUT2D eigenvalue weighted by molar-refractivity contribution is 5.94. The number of alkyl halides is 3. The van der Waals surface area contributed by atoms with E-state index in [0.717, 1.165) is 38.5 Å². The zero-order valence-corrected chi connectivity index (χ0v) is 17.8. The number of carbonyl (C=O) groups is 2. The third-order valence-electron chi connectivity index (χ3n) is 6.31. The summed E-state index contributed by atoms with van der Waals surface area (Å²) in [6, 6.07) is 4.57. The summed E-state index contributed by atoms with van der Waals surface area (Å²) in [6.07, 6.45) is 2.47. The van der Waals surface area contributed by atoms with Gasteiger partial charge in [-0.2, -0.15) is 13.2 Å². The third-order valence-corrected chi connectivity index (χ3v) is 6.31. The number of fused-ring (bicyclic) bond motifs is 1. The number of rotatable bonds is 5. The van der Waals surface area contributed by atoms with Gasteiger partial charge in [0, 0.05) is 30.7 Å². The van der Waals surface area contributed by atoms with Gasteiger partial charge < -0.3 is 15.6 Å². The van der Waals surface area contributed by atoms with Crippen molar-refractivity contribution in [3.63, 3.8) is 0 Å². The van der Waals surface area contributed by atoms with E-state index in [9.17, 15) is 22.8 Å². The minimum Gasteiger partial charge on any atom is -0.353 e. The highest BCUT2D eigenvalue weighted by Crippen LogP contribution is 2.29.